The van der Waals surface area contributed by atoms with Crippen LogP contribution in [0.5, 0.6) is 0 Å². The number of rotatable bonds is 0. The summed E-state index contributed by atoms with van der Waals surface area (Å²) >= 11 is 1.95. The largest absolute Gasteiger partial charge is 0.324 e. The van der Waals surface area contributed by atoms with Crippen LogP contribution < -0.4 is 5.73 Å². The molecule has 2 aliphatic rings. The lowest BCUT2D eigenvalue weighted by atomic mass is 9.65. The van der Waals surface area contributed by atoms with Crippen molar-refractivity contribution in [1.29, 1.82) is 0 Å². The molecule has 0 aromatic carbocycles. The highest BCUT2D eigenvalue weighted by molar-refractivity contribution is 7.10. The summed E-state index contributed by atoms with van der Waals surface area (Å²) in [5, 5.41) is 2.24. The second-order valence-corrected chi connectivity index (χ2v) is 6.11. The average Bonchev–Trinajstić information content (AvgIpc) is 2.76. The second kappa shape index (κ2) is 3.60. The molecule has 3 rings (SSSR count). The normalized spacial score (nSPS) is 29.0. The first kappa shape index (κ1) is 9.86. The van der Waals surface area contributed by atoms with Crippen LogP contribution in [0.4, 0.5) is 0 Å². The van der Waals surface area contributed by atoms with Crippen molar-refractivity contribution in [1.82, 2.24) is 0 Å². The second-order valence-electron chi connectivity index (χ2n) is 5.19. The minimum absolute atomic E-state index is 0.318. The van der Waals surface area contributed by atoms with Crippen LogP contribution in [0.1, 0.15) is 61.4 Å². The third-order valence-corrected chi connectivity index (χ3v) is 5.50. The highest BCUT2D eigenvalue weighted by Crippen LogP contribution is 2.51. The van der Waals surface area contributed by atoms with Crippen molar-refractivity contribution < 1.29 is 0 Å². The van der Waals surface area contributed by atoms with Gasteiger partial charge in [-0.25, -0.2) is 0 Å². The molecule has 1 unspecified atom stereocenters. The predicted octanol–water partition coefficient (Wildman–Crippen LogP) is 3.74. The van der Waals surface area contributed by atoms with Crippen LogP contribution in [0.3, 0.4) is 0 Å². The first-order chi connectivity index (χ1) is 7.32. The first-order valence-corrected chi connectivity index (χ1v) is 7.03. The Morgan fingerprint density at radius 1 is 1.20 bits per heavy atom. The predicted molar refractivity (Wildman–Crippen MR) is 65.2 cm³/mol. The van der Waals surface area contributed by atoms with Crippen molar-refractivity contribution >= 4 is 11.3 Å². The smallest absolute Gasteiger partial charge is 0.0306 e. The Balaban J connectivity index is 2.02. The Morgan fingerprint density at radius 2 is 2.00 bits per heavy atom. The summed E-state index contributed by atoms with van der Waals surface area (Å²) in [6.07, 6.45) is 9.64. The lowest BCUT2D eigenvalue weighted by Crippen LogP contribution is -2.34. The molecule has 0 aliphatic heterocycles. The Morgan fingerprint density at radius 3 is 2.80 bits per heavy atom. The van der Waals surface area contributed by atoms with E-state index in [1.807, 2.05) is 11.3 Å². The van der Waals surface area contributed by atoms with Gasteiger partial charge in [0.05, 0.1) is 0 Å². The topological polar surface area (TPSA) is 26.0 Å². The SMILES string of the molecule is NC1CCC2(CCCCC2)c2sccc21. The van der Waals surface area contributed by atoms with Crippen LogP contribution in [-0.2, 0) is 5.41 Å². The van der Waals surface area contributed by atoms with Gasteiger partial charge in [-0.15, -0.1) is 11.3 Å². The minimum Gasteiger partial charge on any atom is -0.324 e. The van der Waals surface area contributed by atoms with Gasteiger partial charge in [0.15, 0.2) is 0 Å². The highest BCUT2D eigenvalue weighted by Gasteiger charge is 2.40. The molecule has 1 spiro atoms. The Labute approximate surface area is 95.7 Å². The molecule has 1 aromatic heterocycles. The van der Waals surface area contributed by atoms with Crippen molar-refractivity contribution in [3.63, 3.8) is 0 Å². The fraction of sp³-hybridized carbons (Fsp3) is 0.692. The van der Waals surface area contributed by atoms with Gasteiger partial charge in [0.2, 0.25) is 0 Å². The molecule has 1 atom stereocenters. The highest BCUT2D eigenvalue weighted by atomic mass is 32.1. The summed E-state index contributed by atoms with van der Waals surface area (Å²) < 4.78 is 0. The fourth-order valence-corrected chi connectivity index (χ4v) is 4.71. The zero-order chi connectivity index (χ0) is 10.3. The maximum atomic E-state index is 6.19. The quantitative estimate of drug-likeness (QED) is 0.709. The van der Waals surface area contributed by atoms with E-state index in [2.05, 4.69) is 11.4 Å². The number of hydrogen-bond donors (Lipinski definition) is 1. The van der Waals surface area contributed by atoms with Crippen LogP contribution in [0.15, 0.2) is 11.4 Å². The first-order valence-electron chi connectivity index (χ1n) is 6.15. The molecule has 1 nitrogen and oxygen atoms in total. The van der Waals surface area contributed by atoms with E-state index >= 15 is 0 Å². The van der Waals surface area contributed by atoms with Crippen LogP contribution in [-0.4, -0.2) is 0 Å². The monoisotopic (exact) mass is 221 g/mol. The molecule has 1 saturated carbocycles. The average molecular weight is 221 g/mol. The van der Waals surface area contributed by atoms with Gasteiger partial charge in [-0.1, -0.05) is 19.3 Å². The van der Waals surface area contributed by atoms with Gasteiger partial charge in [0.1, 0.15) is 0 Å². The van der Waals surface area contributed by atoms with Gasteiger partial charge in [-0.3, -0.25) is 0 Å². The Kier molecular flexibility index (Phi) is 2.37. The number of nitrogens with two attached hydrogens (primary N) is 1. The number of thiophene rings is 1. The van der Waals surface area contributed by atoms with Crippen molar-refractivity contribution in [2.45, 2.75) is 56.4 Å². The number of hydrogen-bond acceptors (Lipinski definition) is 2. The van der Waals surface area contributed by atoms with E-state index in [0.29, 0.717) is 11.5 Å². The third-order valence-electron chi connectivity index (χ3n) is 4.32. The van der Waals surface area contributed by atoms with Crippen LogP contribution >= 0.6 is 11.3 Å². The summed E-state index contributed by atoms with van der Waals surface area (Å²) in [4.78, 5) is 1.64. The Bertz CT molecular complexity index is 349. The minimum atomic E-state index is 0.318. The molecular formula is C13H19NS. The Hall–Kier alpha value is -0.340. The lowest BCUT2D eigenvalue weighted by Gasteiger charge is -2.42. The lowest BCUT2D eigenvalue weighted by molar-refractivity contribution is 0.250. The summed E-state index contributed by atoms with van der Waals surface area (Å²) in [6.45, 7) is 0. The van der Waals surface area contributed by atoms with Crippen molar-refractivity contribution in [2.75, 3.05) is 0 Å². The molecule has 1 heterocycles. The molecule has 2 aliphatic carbocycles. The van der Waals surface area contributed by atoms with E-state index in [1.165, 1.54) is 50.5 Å². The molecule has 2 heteroatoms. The summed E-state index contributed by atoms with van der Waals surface area (Å²) in [7, 11) is 0. The molecule has 82 valence electrons. The van der Waals surface area contributed by atoms with Gasteiger partial charge in [0, 0.05) is 16.3 Å². The summed E-state index contributed by atoms with van der Waals surface area (Å²) in [5.41, 5.74) is 8.19. The van der Waals surface area contributed by atoms with Crippen molar-refractivity contribution in [3.8, 4) is 0 Å². The maximum Gasteiger partial charge on any atom is 0.0306 e. The van der Waals surface area contributed by atoms with E-state index in [4.69, 9.17) is 5.73 Å². The summed E-state index contributed by atoms with van der Waals surface area (Å²) in [6, 6.07) is 2.58. The molecule has 15 heavy (non-hydrogen) atoms. The molecule has 0 amide bonds. The van der Waals surface area contributed by atoms with Gasteiger partial charge >= 0.3 is 0 Å². The van der Waals surface area contributed by atoms with E-state index in [0.717, 1.165) is 0 Å². The van der Waals surface area contributed by atoms with E-state index in [-0.39, 0.29) is 0 Å². The van der Waals surface area contributed by atoms with Gasteiger partial charge in [-0.2, -0.15) is 0 Å². The van der Waals surface area contributed by atoms with Crippen molar-refractivity contribution in [2.24, 2.45) is 5.73 Å². The third kappa shape index (κ3) is 1.46. The standard InChI is InChI=1S/C13H19NS/c14-11-4-8-13(6-2-1-3-7-13)12-10(11)5-9-15-12/h5,9,11H,1-4,6-8,14H2. The van der Waals surface area contributed by atoms with Gasteiger partial charge < -0.3 is 5.73 Å². The molecule has 0 bridgehead atoms. The molecular weight excluding hydrogens is 202 g/mol. The molecule has 1 aromatic rings. The molecule has 2 N–H and O–H groups in total. The van der Waals surface area contributed by atoms with Crippen molar-refractivity contribution in [3.05, 3.63) is 21.9 Å². The molecule has 0 radical (unpaired) electrons. The zero-order valence-electron chi connectivity index (χ0n) is 9.17. The van der Waals surface area contributed by atoms with E-state index in [1.54, 1.807) is 4.88 Å². The van der Waals surface area contributed by atoms with Crippen LogP contribution in [0.25, 0.3) is 0 Å². The van der Waals surface area contributed by atoms with Gasteiger partial charge in [-0.05, 0) is 42.7 Å². The molecule has 1 fully saturated rings. The number of fused-ring (bicyclic) bond motifs is 2. The molecule has 0 saturated heterocycles. The van der Waals surface area contributed by atoms with Crippen LogP contribution in [0.2, 0.25) is 0 Å². The van der Waals surface area contributed by atoms with Gasteiger partial charge in [0.25, 0.3) is 0 Å². The summed E-state index contributed by atoms with van der Waals surface area (Å²) in [5.74, 6) is 0. The maximum absolute atomic E-state index is 6.19. The fourth-order valence-electron chi connectivity index (χ4n) is 3.45. The van der Waals surface area contributed by atoms with E-state index in [9.17, 15) is 0 Å². The zero-order valence-corrected chi connectivity index (χ0v) is 9.98. The van der Waals surface area contributed by atoms with E-state index < -0.39 is 0 Å². The van der Waals surface area contributed by atoms with Crippen LogP contribution in [0, 0.1) is 0 Å².